The Morgan fingerprint density at radius 1 is 1.11 bits per heavy atom. The lowest BCUT2D eigenvalue weighted by molar-refractivity contribution is -0.153. The molecule has 0 aromatic heterocycles. The Bertz CT molecular complexity index is 912. The van der Waals surface area contributed by atoms with E-state index < -0.39 is 28.0 Å². The van der Waals surface area contributed by atoms with E-state index in [0.717, 1.165) is 5.56 Å². The molecule has 144 valence electrons. The van der Waals surface area contributed by atoms with E-state index in [-0.39, 0.29) is 17.1 Å². The van der Waals surface area contributed by atoms with Crippen molar-refractivity contribution in [2.24, 2.45) is 5.14 Å². The van der Waals surface area contributed by atoms with E-state index in [0.29, 0.717) is 12.1 Å². The van der Waals surface area contributed by atoms with Gasteiger partial charge in [-0.25, -0.2) is 17.9 Å². The number of nitrogens with one attached hydrogen (secondary N) is 1. The topological polar surface area (TPSA) is 116 Å². The first kappa shape index (κ1) is 20.5. The summed E-state index contributed by atoms with van der Waals surface area (Å²) in [6.45, 7) is 1.42. The van der Waals surface area contributed by atoms with Crippen LogP contribution in [0.4, 0.5) is 10.1 Å². The SMILES string of the molecule is CC(OC(=O)CCc1ccc(F)cc1)C(=O)Nc1ccc(S(N)(=O)=O)cc1. The van der Waals surface area contributed by atoms with Crippen molar-refractivity contribution in [2.75, 3.05) is 5.32 Å². The fourth-order valence-corrected chi connectivity index (χ4v) is 2.69. The van der Waals surface area contributed by atoms with Crippen LogP contribution in [0.1, 0.15) is 18.9 Å². The number of esters is 1. The maximum absolute atomic E-state index is 12.8. The zero-order valence-corrected chi connectivity index (χ0v) is 15.3. The maximum atomic E-state index is 12.8. The van der Waals surface area contributed by atoms with Crippen molar-refractivity contribution in [3.8, 4) is 0 Å². The zero-order chi connectivity index (χ0) is 20.0. The molecule has 2 rings (SSSR count). The lowest BCUT2D eigenvalue weighted by Gasteiger charge is -2.13. The number of hydrogen-bond donors (Lipinski definition) is 2. The number of ether oxygens (including phenoxy) is 1. The number of halogens is 1. The van der Waals surface area contributed by atoms with Gasteiger partial charge in [0.2, 0.25) is 10.0 Å². The van der Waals surface area contributed by atoms with Gasteiger partial charge in [0.05, 0.1) is 4.90 Å². The first-order chi connectivity index (χ1) is 12.6. The van der Waals surface area contributed by atoms with E-state index >= 15 is 0 Å². The molecule has 0 saturated heterocycles. The van der Waals surface area contributed by atoms with Crippen LogP contribution >= 0.6 is 0 Å². The van der Waals surface area contributed by atoms with Crippen LogP contribution in [0, 0.1) is 5.82 Å². The third kappa shape index (κ3) is 6.46. The van der Waals surface area contributed by atoms with Crippen molar-refractivity contribution in [1.82, 2.24) is 0 Å². The lowest BCUT2D eigenvalue weighted by Crippen LogP contribution is -2.30. The minimum Gasteiger partial charge on any atom is -0.453 e. The predicted molar refractivity (Wildman–Crippen MR) is 96.7 cm³/mol. The maximum Gasteiger partial charge on any atom is 0.306 e. The second kappa shape index (κ2) is 8.74. The molecule has 0 aliphatic rings. The minimum absolute atomic E-state index is 0.0479. The van der Waals surface area contributed by atoms with Gasteiger partial charge in [-0.15, -0.1) is 0 Å². The number of nitrogens with two attached hydrogens (primary N) is 1. The monoisotopic (exact) mass is 394 g/mol. The molecule has 0 saturated carbocycles. The standard InChI is InChI=1S/C18H19FN2O5S/c1-12(26-17(22)11-4-13-2-5-14(19)6-3-13)18(23)21-15-7-9-16(10-8-15)27(20,24)25/h2-3,5-10,12H,4,11H2,1H3,(H,21,23)(H2,20,24,25). The quantitative estimate of drug-likeness (QED) is 0.697. The highest BCUT2D eigenvalue weighted by Crippen LogP contribution is 2.13. The van der Waals surface area contributed by atoms with Crippen LogP contribution in [0.3, 0.4) is 0 Å². The molecule has 0 fully saturated rings. The number of sulfonamides is 1. The molecule has 0 radical (unpaired) electrons. The van der Waals surface area contributed by atoms with Crippen molar-refractivity contribution in [2.45, 2.75) is 30.8 Å². The normalized spacial score (nSPS) is 12.3. The number of primary sulfonamides is 1. The Kier molecular flexibility index (Phi) is 6.65. The van der Waals surface area contributed by atoms with E-state index in [1.165, 1.54) is 43.3 Å². The summed E-state index contributed by atoms with van der Waals surface area (Å²) < 4.78 is 40.3. The number of aryl methyl sites for hydroxylation is 1. The highest BCUT2D eigenvalue weighted by Gasteiger charge is 2.18. The van der Waals surface area contributed by atoms with E-state index in [2.05, 4.69) is 5.32 Å². The number of anilines is 1. The van der Waals surface area contributed by atoms with E-state index in [1.807, 2.05) is 0 Å². The fraction of sp³-hybridized carbons (Fsp3) is 0.222. The number of rotatable bonds is 7. The first-order valence-corrected chi connectivity index (χ1v) is 9.57. The summed E-state index contributed by atoms with van der Waals surface area (Å²) in [6.07, 6.45) is -0.627. The summed E-state index contributed by atoms with van der Waals surface area (Å²) >= 11 is 0. The first-order valence-electron chi connectivity index (χ1n) is 8.03. The van der Waals surface area contributed by atoms with Crippen LogP contribution in [0.15, 0.2) is 53.4 Å². The average molecular weight is 394 g/mol. The van der Waals surface area contributed by atoms with Gasteiger partial charge in [-0.3, -0.25) is 9.59 Å². The van der Waals surface area contributed by atoms with Gasteiger partial charge in [0, 0.05) is 12.1 Å². The van der Waals surface area contributed by atoms with Crippen molar-refractivity contribution in [3.05, 3.63) is 59.9 Å². The second-order valence-corrected chi connectivity index (χ2v) is 7.38. The van der Waals surface area contributed by atoms with Gasteiger partial charge in [-0.1, -0.05) is 12.1 Å². The van der Waals surface area contributed by atoms with Crippen LogP contribution in [-0.2, 0) is 30.8 Å². The number of amides is 1. The largest absolute Gasteiger partial charge is 0.453 e. The molecule has 2 aromatic rings. The molecule has 3 N–H and O–H groups in total. The smallest absolute Gasteiger partial charge is 0.306 e. The second-order valence-electron chi connectivity index (χ2n) is 5.82. The summed E-state index contributed by atoms with van der Waals surface area (Å²) in [5.74, 6) is -1.48. The number of carbonyl (C=O) groups excluding carboxylic acids is 2. The predicted octanol–water partition coefficient (Wildman–Crippen LogP) is 1.98. The van der Waals surface area contributed by atoms with Gasteiger partial charge in [-0.2, -0.15) is 0 Å². The van der Waals surface area contributed by atoms with Gasteiger partial charge >= 0.3 is 5.97 Å². The Morgan fingerprint density at radius 3 is 2.26 bits per heavy atom. The highest BCUT2D eigenvalue weighted by molar-refractivity contribution is 7.89. The third-order valence-corrected chi connectivity index (χ3v) is 4.59. The molecule has 0 aliphatic heterocycles. The van der Waals surface area contributed by atoms with Gasteiger partial charge in [0.25, 0.3) is 5.91 Å². The molecule has 7 nitrogen and oxygen atoms in total. The van der Waals surface area contributed by atoms with Gasteiger partial charge in [-0.05, 0) is 55.3 Å². The van der Waals surface area contributed by atoms with E-state index in [4.69, 9.17) is 9.88 Å². The van der Waals surface area contributed by atoms with Gasteiger partial charge in [0.15, 0.2) is 6.10 Å². The van der Waals surface area contributed by atoms with Crippen molar-refractivity contribution in [3.63, 3.8) is 0 Å². The third-order valence-electron chi connectivity index (χ3n) is 3.66. The zero-order valence-electron chi connectivity index (χ0n) is 14.5. The Balaban J connectivity index is 1.83. The van der Waals surface area contributed by atoms with Crippen LogP contribution in [0.2, 0.25) is 0 Å². The molecule has 9 heteroatoms. The summed E-state index contributed by atoms with van der Waals surface area (Å²) in [4.78, 5) is 23.8. The van der Waals surface area contributed by atoms with E-state index in [1.54, 1.807) is 12.1 Å². The molecule has 1 amide bonds. The van der Waals surface area contributed by atoms with Crippen molar-refractivity contribution in [1.29, 1.82) is 0 Å². The van der Waals surface area contributed by atoms with Crippen LogP contribution in [-0.4, -0.2) is 26.4 Å². The van der Waals surface area contributed by atoms with Gasteiger partial charge in [0.1, 0.15) is 5.82 Å². The lowest BCUT2D eigenvalue weighted by atomic mass is 10.1. The van der Waals surface area contributed by atoms with Gasteiger partial charge < -0.3 is 10.1 Å². The molecule has 1 atom stereocenters. The van der Waals surface area contributed by atoms with Crippen molar-refractivity contribution >= 4 is 27.6 Å². The van der Waals surface area contributed by atoms with Crippen LogP contribution in [0.25, 0.3) is 0 Å². The number of hydrogen-bond acceptors (Lipinski definition) is 5. The molecule has 27 heavy (non-hydrogen) atoms. The van der Waals surface area contributed by atoms with E-state index in [9.17, 15) is 22.4 Å². The Morgan fingerprint density at radius 2 is 1.70 bits per heavy atom. The Labute approximate surface area is 156 Å². The van der Waals surface area contributed by atoms with Crippen molar-refractivity contribution < 1.29 is 27.1 Å². The molecular formula is C18H19FN2O5S. The molecule has 0 bridgehead atoms. The fourth-order valence-electron chi connectivity index (χ4n) is 2.18. The number of carbonyl (C=O) groups is 2. The molecule has 1 unspecified atom stereocenters. The highest BCUT2D eigenvalue weighted by atomic mass is 32.2. The summed E-state index contributed by atoms with van der Waals surface area (Å²) in [6, 6.07) is 11.0. The summed E-state index contributed by atoms with van der Waals surface area (Å²) in [5.41, 5.74) is 1.11. The molecular weight excluding hydrogens is 375 g/mol. The minimum atomic E-state index is -3.81. The number of benzene rings is 2. The summed E-state index contributed by atoms with van der Waals surface area (Å²) in [7, 11) is -3.81. The molecule has 0 heterocycles. The van der Waals surface area contributed by atoms with Crippen LogP contribution < -0.4 is 10.5 Å². The molecule has 2 aromatic carbocycles. The Hall–Kier alpha value is -2.78. The van der Waals surface area contributed by atoms with Crippen LogP contribution in [0.5, 0.6) is 0 Å². The molecule has 0 aliphatic carbocycles. The summed E-state index contributed by atoms with van der Waals surface area (Å²) in [5, 5.41) is 7.51. The molecule has 0 spiro atoms. The average Bonchev–Trinajstić information content (AvgIpc) is 2.61.